The van der Waals surface area contributed by atoms with Crippen LogP contribution in [0.25, 0.3) is 0 Å². The topological polar surface area (TPSA) is 39.1 Å². The van der Waals surface area contributed by atoms with Gasteiger partial charge in [0.2, 0.25) is 5.95 Å². The Hall–Kier alpha value is -1.03. The maximum Gasteiger partial charge on any atom is 0.203 e. The zero-order valence-corrected chi connectivity index (χ0v) is 11.6. The Balaban J connectivity index is 2.01. The Kier molecular flexibility index (Phi) is 5.05. The third-order valence-electron chi connectivity index (χ3n) is 3.83. The summed E-state index contributed by atoms with van der Waals surface area (Å²) in [6, 6.07) is 0.976. The maximum absolute atomic E-state index is 5.29. The van der Waals surface area contributed by atoms with Gasteiger partial charge in [-0.1, -0.05) is 26.2 Å². The molecule has 0 aliphatic heterocycles. The molecule has 1 N–H and O–H groups in total. The fraction of sp³-hybridized carbons (Fsp3) is 0.786. The summed E-state index contributed by atoms with van der Waals surface area (Å²) in [5.41, 5.74) is 0. The molecule has 4 nitrogen and oxygen atoms in total. The first-order chi connectivity index (χ1) is 8.85. The summed E-state index contributed by atoms with van der Waals surface area (Å²) < 4.78 is 7.51. The van der Waals surface area contributed by atoms with Crippen molar-refractivity contribution in [1.29, 1.82) is 0 Å². The number of aromatic nitrogens is 2. The predicted octanol–water partition coefficient (Wildman–Crippen LogP) is 3.23. The minimum absolute atomic E-state index is 0.378. The lowest BCUT2D eigenvalue weighted by Gasteiger charge is -2.25. The van der Waals surface area contributed by atoms with Crippen molar-refractivity contribution in [2.45, 2.75) is 57.5 Å². The van der Waals surface area contributed by atoms with Crippen molar-refractivity contribution < 1.29 is 4.74 Å². The summed E-state index contributed by atoms with van der Waals surface area (Å²) in [6.07, 6.45) is 11.6. The summed E-state index contributed by atoms with van der Waals surface area (Å²) in [7, 11) is 1.76. The van der Waals surface area contributed by atoms with E-state index in [0.717, 1.165) is 19.0 Å². The monoisotopic (exact) mass is 251 g/mol. The zero-order chi connectivity index (χ0) is 12.8. The highest BCUT2D eigenvalue weighted by molar-refractivity contribution is 5.28. The second kappa shape index (κ2) is 6.78. The Morgan fingerprint density at radius 3 is 2.89 bits per heavy atom. The normalized spacial score (nSPS) is 18.8. The number of methoxy groups -OCH3 is 1. The van der Waals surface area contributed by atoms with Gasteiger partial charge >= 0.3 is 0 Å². The van der Waals surface area contributed by atoms with Crippen molar-refractivity contribution in [2.24, 2.45) is 0 Å². The van der Waals surface area contributed by atoms with Gasteiger partial charge in [0.25, 0.3) is 0 Å². The van der Waals surface area contributed by atoms with Gasteiger partial charge in [0.05, 0.1) is 12.6 Å². The second-order valence-electron chi connectivity index (χ2n) is 5.15. The van der Waals surface area contributed by atoms with E-state index in [-0.39, 0.29) is 0 Å². The number of anilines is 1. The minimum atomic E-state index is 0.378. The molecule has 0 aromatic carbocycles. The van der Waals surface area contributed by atoms with Crippen LogP contribution in [0.3, 0.4) is 0 Å². The summed E-state index contributed by atoms with van der Waals surface area (Å²) in [4.78, 5) is 4.46. The van der Waals surface area contributed by atoms with Gasteiger partial charge in [0, 0.05) is 25.5 Å². The van der Waals surface area contributed by atoms with E-state index in [1.54, 1.807) is 7.11 Å². The highest BCUT2D eigenvalue weighted by Gasteiger charge is 2.17. The molecule has 102 valence electrons. The number of hydrogen-bond acceptors (Lipinski definition) is 3. The first-order valence-electron chi connectivity index (χ1n) is 7.13. The lowest BCUT2D eigenvalue weighted by atomic mass is 9.96. The molecule has 1 saturated carbocycles. The molecule has 1 unspecified atom stereocenters. The van der Waals surface area contributed by atoms with Crippen LogP contribution in [0.15, 0.2) is 12.4 Å². The number of imidazole rings is 1. The van der Waals surface area contributed by atoms with Crippen LogP contribution in [-0.4, -0.2) is 29.3 Å². The third kappa shape index (κ3) is 3.25. The molecular formula is C14H25N3O. The van der Waals surface area contributed by atoms with E-state index in [0.29, 0.717) is 12.1 Å². The Labute approximate surface area is 110 Å². The van der Waals surface area contributed by atoms with Crippen molar-refractivity contribution in [2.75, 3.05) is 19.0 Å². The number of nitrogens with zero attached hydrogens (tertiary/aromatic N) is 2. The molecule has 2 rings (SSSR count). The highest BCUT2D eigenvalue weighted by Crippen LogP contribution is 2.23. The van der Waals surface area contributed by atoms with Gasteiger partial charge in [-0.05, 0) is 19.3 Å². The maximum atomic E-state index is 5.29. The molecule has 1 aromatic heterocycles. The molecule has 18 heavy (non-hydrogen) atoms. The number of rotatable bonds is 6. The van der Waals surface area contributed by atoms with Crippen LogP contribution >= 0.6 is 0 Å². The SMILES string of the molecule is CCC(COC)n1ccnc1NC1CCCCC1. The zero-order valence-electron chi connectivity index (χ0n) is 11.6. The molecule has 1 aliphatic rings. The van der Waals surface area contributed by atoms with E-state index >= 15 is 0 Å². The van der Waals surface area contributed by atoms with Gasteiger partial charge in [-0.3, -0.25) is 0 Å². The first-order valence-corrected chi connectivity index (χ1v) is 7.13. The fourth-order valence-corrected chi connectivity index (χ4v) is 2.74. The molecule has 0 amide bonds. The standard InChI is InChI=1S/C14H25N3O/c1-3-13(11-18-2)17-10-9-15-14(17)16-12-7-5-4-6-8-12/h9-10,12-13H,3-8,11H2,1-2H3,(H,15,16). The summed E-state index contributed by atoms with van der Waals surface area (Å²) in [5.74, 6) is 1.01. The van der Waals surface area contributed by atoms with Crippen molar-refractivity contribution in [3.63, 3.8) is 0 Å². The third-order valence-corrected chi connectivity index (χ3v) is 3.83. The molecule has 1 aliphatic carbocycles. The van der Waals surface area contributed by atoms with E-state index in [9.17, 15) is 0 Å². The van der Waals surface area contributed by atoms with Gasteiger partial charge in [-0.2, -0.15) is 0 Å². The second-order valence-corrected chi connectivity index (χ2v) is 5.15. The van der Waals surface area contributed by atoms with E-state index in [1.807, 2.05) is 6.20 Å². The Morgan fingerprint density at radius 2 is 2.22 bits per heavy atom. The molecular weight excluding hydrogens is 226 g/mol. The van der Waals surface area contributed by atoms with Crippen LogP contribution in [0.1, 0.15) is 51.5 Å². The van der Waals surface area contributed by atoms with Gasteiger partial charge in [-0.25, -0.2) is 4.98 Å². The lowest BCUT2D eigenvalue weighted by Crippen LogP contribution is -2.25. The molecule has 0 saturated heterocycles. The van der Waals surface area contributed by atoms with E-state index in [1.165, 1.54) is 32.1 Å². The van der Waals surface area contributed by atoms with Crippen molar-refractivity contribution in [3.8, 4) is 0 Å². The summed E-state index contributed by atoms with van der Waals surface area (Å²) in [6.45, 7) is 2.93. The number of hydrogen-bond donors (Lipinski definition) is 1. The number of nitrogens with one attached hydrogen (secondary N) is 1. The van der Waals surface area contributed by atoms with E-state index < -0.39 is 0 Å². The molecule has 0 radical (unpaired) electrons. The summed E-state index contributed by atoms with van der Waals surface area (Å²) >= 11 is 0. The molecule has 1 aromatic rings. The Morgan fingerprint density at radius 1 is 1.44 bits per heavy atom. The van der Waals surface area contributed by atoms with Crippen LogP contribution in [0.5, 0.6) is 0 Å². The predicted molar refractivity (Wildman–Crippen MR) is 73.9 cm³/mol. The number of ether oxygens (including phenoxy) is 1. The van der Waals surface area contributed by atoms with Crippen molar-refractivity contribution in [3.05, 3.63) is 12.4 Å². The van der Waals surface area contributed by atoms with E-state index in [2.05, 4.69) is 28.0 Å². The quantitative estimate of drug-likeness (QED) is 0.843. The first kappa shape index (κ1) is 13.4. The average molecular weight is 251 g/mol. The van der Waals surface area contributed by atoms with Crippen LogP contribution in [0, 0.1) is 0 Å². The highest BCUT2D eigenvalue weighted by atomic mass is 16.5. The average Bonchev–Trinajstić information content (AvgIpc) is 2.85. The van der Waals surface area contributed by atoms with Crippen LogP contribution in [0.2, 0.25) is 0 Å². The molecule has 1 fully saturated rings. The van der Waals surface area contributed by atoms with Gasteiger partial charge in [0.15, 0.2) is 0 Å². The summed E-state index contributed by atoms with van der Waals surface area (Å²) in [5, 5.41) is 3.60. The molecule has 1 heterocycles. The van der Waals surface area contributed by atoms with Gasteiger partial charge < -0.3 is 14.6 Å². The van der Waals surface area contributed by atoms with Crippen LogP contribution in [0.4, 0.5) is 5.95 Å². The molecule has 4 heteroatoms. The Bertz CT molecular complexity index is 345. The smallest absolute Gasteiger partial charge is 0.203 e. The van der Waals surface area contributed by atoms with Crippen molar-refractivity contribution >= 4 is 5.95 Å². The minimum Gasteiger partial charge on any atom is -0.383 e. The largest absolute Gasteiger partial charge is 0.383 e. The lowest BCUT2D eigenvalue weighted by molar-refractivity contribution is 0.154. The molecule has 1 atom stereocenters. The molecule has 0 spiro atoms. The van der Waals surface area contributed by atoms with E-state index in [4.69, 9.17) is 4.74 Å². The van der Waals surface area contributed by atoms with Crippen molar-refractivity contribution in [1.82, 2.24) is 9.55 Å². The fourth-order valence-electron chi connectivity index (χ4n) is 2.74. The van der Waals surface area contributed by atoms with Crippen LogP contribution < -0.4 is 5.32 Å². The van der Waals surface area contributed by atoms with Gasteiger partial charge in [-0.15, -0.1) is 0 Å². The van der Waals surface area contributed by atoms with Gasteiger partial charge in [0.1, 0.15) is 0 Å². The van der Waals surface area contributed by atoms with Crippen LogP contribution in [-0.2, 0) is 4.74 Å². The molecule has 0 bridgehead atoms.